The van der Waals surface area contributed by atoms with Crippen LogP contribution in [0.2, 0.25) is 5.02 Å². The van der Waals surface area contributed by atoms with Gasteiger partial charge in [0.1, 0.15) is 5.76 Å². The molecule has 0 fully saturated rings. The van der Waals surface area contributed by atoms with E-state index >= 15 is 0 Å². The van der Waals surface area contributed by atoms with Crippen molar-refractivity contribution in [3.8, 4) is 0 Å². The van der Waals surface area contributed by atoms with E-state index in [-0.39, 0.29) is 15.5 Å². The molecule has 1 heterocycles. The van der Waals surface area contributed by atoms with Gasteiger partial charge in [-0.15, -0.1) is 0 Å². The average molecular weight is 401 g/mol. The number of esters is 1. The van der Waals surface area contributed by atoms with Crippen molar-refractivity contribution in [3.63, 3.8) is 0 Å². The summed E-state index contributed by atoms with van der Waals surface area (Å²) in [5, 5.41) is 2.61. The van der Waals surface area contributed by atoms with Gasteiger partial charge < -0.3 is 14.5 Å². The molecule has 0 saturated heterocycles. The lowest BCUT2D eigenvalue weighted by Crippen LogP contribution is -2.31. The first-order valence-corrected chi connectivity index (χ1v) is 9.33. The summed E-state index contributed by atoms with van der Waals surface area (Å²) in [6, 6.07) is 6.59. The summed E-state index contributed by atoms with van der Waals surface area (Å²) in [6.07, 6.45) is 1.48. The number of sulfonamides is 1. The Kier molecular flexibility index (Phi) is 6.41. The molecular formula is C16H17ClN2O6S. The first-order chi connectivity index (χ1) is 12.2. The number of furan rings is 1. The molecule has 1 aromatic carbocycles. The Morgan fingerprint density at radius 1 is 1.31 bits per heavy atom. The van der Waals surface area contributed by atoms with Crippen LogP contribution < -0.4 is 10.0 Å². The molecule has 140 valence electrons. The van der Waals surface area contributed by atoms with E-state index in [1.807, 2.05) is 0 Å². The highest BCUT2D eigenvalue weighted by Crippen LogP contribution is 2.21. The predicted octanol–water partition coefficient (Wildman–Crippen LogP) is 1.88. The lowest BCUT2D eigenvalue weighted by atomic mass is 10.2. The Morgan fingerprint density at radius 3 is 2.65 bits per heavy atom. The number of carbonyl (C=O) groups is 2. The smallest absolute Gasteiger partial charge is 0.340 e. The fourth-order valence-electron chi connectivity index (χ4n) is 2.05. The lowest BCUT2D eigenvalue weighted by Gasteiger charge is -2.12. The molecule has 1 amide bonds. The van der Waals surface area contributed by atoms with Crippen LogP contribution in [0.15, 0.2) is 45.9 Å². The average Bonchev–Trinajstić information content (AvgIpc) is 3.14. The van der Waals surface area contributed by atoms with Crippen molar-refractivity contribution in [2.24, 2.45) is 0 Å². The van der Waals surface area contributed by atoms with Crippen LogP contribution in [0.5, 0.6) is 0 Å². The molecule has 0 saturated carbocycles. The quantitative estimate of drug-likeness (QED) is 0.686. The van der Waals surface area contributed by atoms with Gasteiger partial charge in [0.25, 0.3) is 5.91 Å². The van der Waals surface area contributed by atoms with Gasteiger partial charge in [-0.2, -0.15) is 0 Å². The van der Waals surface area contributed by atoms with Gasteiger partial charge in [0.2, 0.25) is 10.0 Å². The number of nitrogens with one attached hydrogen (secondary N) is 2. The van der Waals surface area contributed by atoms with E-state index < -0.39 is 34.5 Å². The molecule has 0 unspecified atom stereocenters. The van der Waals surface area contributed by atoms with Crippen molar-refractivity contribution in [2.75, 3.05) is 13.7 Å². The molecule has 10 heteroatoms. The molecule has 8 nitrogen and oxygen atoms in total. The minimum Gasteiger partial charge on any atom is -0.467 e. The molecular weight excluding hydrogens is 384 g/mol. The van der Waals surface area contributed by atoms with Crippen molar-refractivity contribution in [3.05, 3.63) is 52.9 Å². The molecule has 0 radical (unpaired) electrons. The number of hydrogen-bond acceptors (Lipinski definition) is 6. The molecule has 2 N–H and O–H groups in total. The molecule has 2 rings (SSSR count). The third kappa shape index (κ3) is 4.84. The molecule has 2 aromatic rings. The minimum absolute atomic E-state index is 0.00872. The van der Waals surface area contributed by atoms with Gasteiger partial charge in [-0.05, 0) is 44.3 Å². The summed E-state index contributed by atoms with van der Waals surface area (Å²) < 4.78 is 35.8. The van der Waals surface area contributed by atoms with E-state index in [1.165, 1.54) is 25.4 Å². The highest BCUT2D eigenvalue weighted by molar-refractivity contribution is 7.89. The topological polar surface area (TPSA) is 115 Å². The number of ether oxygens (including phenoxy) is 1. The van der Waals surface area contributed by atoms with Crippen molar-refractivity contribution in [2.45, 2.75) is 17.9 Å². The van der Waals surface area contributed by atoms with E-state index in [4.69, 9.17) is 20.8 Å². The predicted molar refractivity (Wildman–Crippen MR) is 93.2 cm³/mol. The third-order valence-electron chi connectivity index (χ3n) is 3.42. The maximum absolute atomic E-state index is 12.1. The number of rotatable bonds is 7. The standard InChI is InChI=1S/C16H17ClN2O6S/c1-10(14-4-3-7-24-14)19-15(20)9-25-16(21)12-8-11(5-6-13(12)17)26(22,23)18-2/h3-8,10,18H,9H2,1-2H3,(H,19,20)/t10-/m0/s1. The lowest BCUT2D eigenvalue weighted by molar-refractivity contribution is -0.125. The summed E-state index contributed by atoms with van der Waals surface area (Å²) >= 11 is 5.92. The maximum atomic E-state index is 12.1. The van der Waals surface area contributed by atoms with Crippen molar-refractivity contribution >= 4 is 33.5 Å². The van der Waals surface area contributed by atoms with Crippen LogP contribution >= 0.6 is 11.6 Å². The number of halogens is 1. The number of hydrogen-bond donors (Lipinski definition) is 2. The van der Waals surface area contributed by atoms with Crippen LogP contribution in [0.4, 0.5) is 0 Å². The summed E-state index contributed by atoms with van der Waals surface area (Å²) in [4.78, 5) is 23.9. The molecule has 0 aliphatic carbocycles. The number of amides is 1. The molecule has 1 aromatic heterocycles. The van der Waals surface area contributed by atoms with E-state index in [9.17, 15) is 18.0 Å². The van der Waals surface area contributed by atoms with Crippen molar-refractivity contribution in [1.82, 2.24) is 10.0 Å². The summed E-state index contributed by atoms with van der Waals surface area (Å²) in [5.41, 5.74) is -0.158. The third-order valence-corrected chi connectivity index (χ3v) is 5.16. The highest BCUT2D eigenvalue weighted by Gasteiger charge is 2.20. The van der Waals surface area contributed by atoms with Gasteiger partial charge in [-0.1, -0.05) is 11.6 Å². The Hall–Kier alpha value is -2.36. The number of carbonyl (C=O) groups excluding carboxylic acids is 2. The van der Waals surface area contributed by atoms with Crippen LogP contribution in [0.25, 0.3) is 0 Å². The minimum atomic E-state index is -3.75. The van der Waals surface area contributed by atoms with Crippen LogP contribution in [-0.2, 0) is 19.6 Å². The van der Waals surface area contributed by atoms with Crippen LogP contribution in [0.3, 0.4) is 0 Å². The molecule has 26 heavy (non-hydrogen) atoms. The first kappa shape index (κ1) is 20.0. The van der Waals surface area contributed by atoms with Gasteiger partial charge in [0.15, 0.2) is 6.61 Å². The molecule has 0 aliphatic heterocycles. The van der Waals surface area contributed by atoms with Gasteiger partial charge in [-0.25, -0.2) is 17.9 Å². The zero-order valence-corrected chi connectivity index (χ0v) is 15.6. The van der Waals surface area contributed by atoms with Gasteiger partial charge >= 0.3 is 5.97 Å². The molecule has 0 spiro atoms. The van der Waals surface area contributed by atoms with Crippen molar-refractivity contribution in [1.29, 1.82) is 0 Å². The van der Waals surface area contributed by atoms with Crippen LogP contribution in [0.1, 0.15) is 29.1 Å². The SMILES string of the molecule is CNS(=O)(=O)c1ccc(Cl)c(C(=O)OCC(=O)N[C@@H](C)c2ccco2)c1. The highest BCUT2D eigenvalue weighted by atomic mass is 35.5. The van der Waals surface area contributed by atoms with E-state index in [2.05, 4.69) is 10.0 Å². The largest absolute Gasteiger partial charge is 0.467 e. The van der Waals surface area contributed by atoms with E-state index in [1.54, 1.807) is 19.1 Å². The zero-order chi connectivity index (χ0) is 19.3. The first-order valence-electron chi connectivity index (χ1n) is 7.47. The summed E-state index contributed by atoms with van der Waals surface area (Å²) in [6.45, 7) is 1.16. The second kappa shape index (κ2) is 8.35. The van der Waals surface area contributed by atoms with E-state index in [0.29, 0.717) is 5.76 Å². The van der Waals surface area contributed by atoms with Crippen LogP contribution in [-0.4, -0.2) is 33.9 Å². The Morgan fingerprint density at radius 2 is 2.04 bits per heavy atom. The maximum Gasteiger partial charge on any atom is 0.340 e. The monoisotopic (exact) mass is 400 g/mol. The molecule has 0 aliphatic rings. The second-order valence-corrected chi connectivity index (χ2v) is 7.52. The van der Waals surface area contributed by atoms with Gasteiger partial charge in [-0.3, -0.25) is 4.79 Å². The normalized spacial score (nSPS) is 12.4. The Labute approximate surface area is 155 Å². The van der Waals surface area contributed by atoms with Crippen LogP contribution in [0, 0.1) is 0 Å². The fraction of sp³-hybridized carbons (Fsp3) is 0.250. The van der Waals surface area contributed by atoms with Gasteiger partial charge in [0.05, 0.1) is 27.8 Å². The number of benzene rings is 1. The Balaban J connectivity index is 2.01. The van der Waals surface area contributed by atoms with Gasteiger partial charge in [0, 0.05) is 0 Å². The molecule has 1 atom stereocenters. The molecule has 0 bridgehead atoms. The Bertz CT molecular complexity index is 895. The summed E-state index contributed by atoms with van der Waals surface area (Å²) in [5.74, 6) is -0.904. The van der Waals surface area contributed by atoms with Crippen molar-refractivity contribution < 1.29 is 27.2 Å². The van der Waals surface area contributed by atoms with E-state index in [0.717, 1.165) is 6.07 Å². The second-order valence-electron chi connectivity index (χ2n) is 5.23. The summed E-state index contributed by atoms with van der Waals surface area (Å²) in [7, 11) is -2.51. The fourth-order valence-corrected chi connectivity index (χ4v) is 3.00. The zero-order valence-electron chi connectivity index (χ0n) is 14.0.